The van der Waals surface area contributed by atoms with Crippen molar-refractivity contribution in [1.29, 1.82) is 0 Å². The maximum absolute atomic E-state index is 13.2. The molecular formula is C25H21BrN4O3S. The predicted octanol–water partition coefficient (Wildman–Crippen LogP) is 4.96. The molecule has 1 unspecified atom stereocenters. The molecule has 3 aromatic carbocycles. The van der Waals surface area contributed by atoms with Gasteiger partial charge in [-0.1, -0.05) is 81.9 Å². The maximum Gasteiger partial charge on any atom is 0.255 e. The Morgan fingerprint density at radius 1 is 0.971 bits per heavy atom. The van der Waals surface area contributed by atoms with E-state index in [0.717, 1.165) is 15.6 Å². The third kappa shape index (κ3) is 5.86. The molecule has 7 nitrogen and oxygen atoms in total. The number of benzene rings is 3. The number of anilines is 1. The average molecular weight is 537 g/mol. The van der Waals surface area contributed by atoms with E-state index in [4.69, 9.17) is 4.74 Å². The number of halogens is 1. The van der Waals surface area contributed by atoms with E-state index in [1.807, 2.05) is 54.6 Å². The van der Waals surface area contributed by atoms with E-state index < -0.39 is 11.9 Å². The minimum Gasteiger partial charge on any atom is -0.496 e. The number of amides is 2. The molecule has 0 saturated carbocycles. The Bertz CT molecular complexity index is 1280. The summed E-state index contributed by atoms with van der Waals surface area (Å²) in [7, 11) is 1.50. The third-order valence-electron chi connectivity index (χ3n) is 5.00. The molecule has 1 aromatic heterocycles. The maximum atomic E-state index is 13.2. The number of rotatable bonds is 8. The van der Waals surface area contributed by atoms with Crippen molar-refractivity contribution in [3.63, 3.8) is 0 Å². The van der Waals surface area contributed by atoms with E-state index in [2.05, 4.69) is 36.8 Å². The number of nitrogens with one attached hydrogen (secondary N) is 2. The first-order valence-electron chi connectivity index (χ1n) is 10.4. The van der Waals surface area contributed by atoms with E-state index in [0.29, 0.717) is 27.9 Å². The summed E-state index contributed by atoms with van der Waals surface area (Å²) >= 11 is 4.68. The molecular weight excluding hydrogens is 516 g/mol. The van der Waals surface area contributed by atoms with Gasteiger partial charge in [-0.15, -0.1) is 10.2 Å². The number of carbonyl (C=O) groups is 2. The first-order chi connectivity index (χ1) is 16.5. The van der Waals surface area contributed by atoms with Crippen LogP contribution in [0.1, 0.15) is 15.9 Å². The van der Waals surface area contributed by atoms with E-state index in [1.54, 1.807) is 24.3 Å². The smallest absolute Gasteiger partial charge is 0.255 e. The van der Waals surface area contributed by atoms with Crippen molar-refractivity contribution in [2.75, 3.05) is 12.4 Å². The van der Waals surface area contributed by atoms with Gasteiger partial charge in [-0.3, -0.25) is 14.9 Å². The summed E-state index contributed by atoms with van der Waals surface area (Å²) in [5.41, 5.74) is 2.16. The fourth-order valence-electron chi connectivity index (χ4n) is 3.30. The second kappa shape index (κ2) is 11.0. The van der Waals surface area contributed by atoms with E-state index in [1.165, 1.54) is 18.4 Å². The van der Waals surface area contributed by atoms with Gasteiger partial charge >= 0.3 is 0 Å². The SMILES string of the molecule is COc1ccccc1C(=O)NC(Cc1ccccc1)C(=O)Nc1nnc(-c2ccc(Br)cc2)s1. The number of para-hydroxylation sites is 1. The van der Waals surface area contributed by atoms with E-state index in [9.17, 15) is 9.59 Å². The summed E-state index contributed by atoms with van der Waals surface area (Å²) in [6.07, 6.45) is 0.311. The minimum atomic E-state index is -0.833. The van der Waals surface area contributed by atoms with Crippen LogP contribution < -0.4 is 15.4 Å². The molecule has 0 radical (unpaired) electrons. The molecule has 2 amide bonds. The molecule has 0 fully saturated rings. The van der Waals surface area contributed by atoms with Gasteiger partial charge in [-0.05, 0) is 29.8 Å². The lowest BCUT2D eigenvalue weighted by Crippen LogP contribution is -2.45. The fraction of sp³-hybridized carbons (Fsp3) is 0.120. The van der Waals surface area contributed by atoms with Gasteiger partial charge in [0.1, 0.15) is 16.8 Å². The fourth-order valence-corrected chi connectivity index (χ4v) is 4.32. The molecule has 9 heteroatoms. The van der Waals surface area contributed by atoms with Crippen molar-refractivity contribution >= 4 is 44.2 Å². The van der Waals surface area contributed by atoms with Crippen LogP contribution in [0.3, 0.4) is 0 Å². The number of aromatic nitrogens is 2. The highest BCUT2D eigenvalue weighted by Crippen LogP contribution is 2.27. The Hall–Kier alpha value is -3.56. The Morgan fingerprint density at radius 2 is 1.68 bits per heavy atom. The largest absolute Gasteiger partial charge is 0.496 e. The van der Waals surface area contributed by atoms with Crippen molar-refractivity contribution in [2.24, 2.45) is 0 Å². The van der Waals surface area contributed by atoms with Gasteiger partial charge in [-0.25, -0.2) is 0 Å². The van der Waals surface area contributed by atoms with Gasteiger partial charge in [0, 0.05) is 16.5 Å². The lowest BCUT2D eigenvalue weighted by Gasteiger charge is -2.18. The van der Waals surface area contributed by atoms with Crippen LogP contribution in [0.25, 0.3) is 10.6 Å². The molecule has 0 saturated heterocycles. The molecule has 0 bridgehead atoms. The first kappa shape index (κ1) is 23.6. The Kier molecular flexibility index (Phi) is 7.66. The van der Waals surface area contributed by atoms with Crippen LogP contribution in [0, 0.1) is 0 Å². The van der Waals surface area contributed by atoms with Crippen molar-refractivity contribution in [2.45, 2.75) is 12.5 Å². The molecule has 1 atom stereocenters. The molecule has 1 heterocycles. The summed E-state index contributed by atoms with van der Waals surface area (Å²) in [5, 5.41) is 15.0. The molecule has 0 aliphatic heterocycles. The van der Waals surface area contributed by atoms with Crippen LogP contribution in [-0.4, -0.2) is 35.2 Å². The lowest BCUT2D eigenvalue weighted by molar-refractivity contribution is -0.118. The van der Waals surface area contributed by atoms with Crippen molar-refractivity contribution < 1.29 is 14.3 Å². The van der Waals surface area contributed by atoms with Gasteiger partial charge in [0.2, 0.25) is 11.0 Å². The molecule has 172 valence electrons. The van der Waals surface area contributed by atoms with Crippen molar-refractivity contribution in [1.82, 2.24) is 15.5 Å². The quantitative estimate of drug-likeness (QED) is 0.332. The molecule has 34 heavy (non-hydrogen) atoms. The van der Waals surface area contributed by atoms with Crippen LogP contribution in [-0.2, 0) is 11.2 Å². The Labute approximate surface area is 209 Å². The monoisotopic (exact) mass is 536 g/mol. The number of hydrogen-bond acceptors (Lipinski definition) is 6. The number of methoxy groups -OCH3 is 1. The first-order valence-corrected chi connectivity index (χ1v) is 12.0. The summed E-state index contributed by atoms with van der Waals surface area (Å²) in [4.78, 5) is 26.2. The molecule has 0 aliphatic rings. The molecule has 0 aliphatic carbocycles. The zero-order valence-corrected chi connectivity index (χ0v) is 20.6. The lowest BCUT2D eigenvalue weighted by atomic mass is 10.0. The van der Waals surface area contributed by atoms with Crippen LogP contribution >= 0.6 is 27.3 Å². The Morgan fingerprint density at radius 3 is 2.41 bits per heavy atom. The minimum absolute atomic E-state index is 0.311. The van der Waals surface area contributed by atoms with Crippen LogP contribution in [0.2, 0.25) is 0 Å². The highest BCUT2D eigenvalue weighted by Gasteiger charge is 2.24. The topological polar surface area (TPSA) is 93.2 Å². The molecule has 2 N–H and O–H groups in total. The summed E-state index contributed by atoms with van der Waals surface area (Å²) in [6.45, 7) is 0. The highest BCUT2D eigenvalue weighted by molar-refractivity contribution is 9.10. The van der Waals surface area contributed by atoms with E-state index >= 15 is 0 Å². The third-order valence-corrected chi connectivity index (χ3v) is 6.42. The zero-order chi connectivity index (χ0) is 23.9. The van der Waals surface area contributed by atoms with Crippen molar-refractivity contribution in [3.05, 3.63) is 94.5 Å². The second-order valence-electron chi connectivity index (χ2n) is 7.32. The predicted molar refractivity (Wildman–Crippen MR) is 136 cm³/mol. The standard InChI is InChI=1S/C25H21BrN4O3S/c1-33-21-10-6-5-9-19(21)22(31)27-20(15-16-7-3-2-4-8-16)23(32)28-25-30-29-24(34-25)17-11-13-18(26)14-12-17/h2-14,20H,15H2,1H3,(H,27,31)(H,28,30,32). The highest BCUT2D eigenvalue weighted by atomic mass is 79.9. The number of carbonyl (C=O) groups excluding carboxylic acids is 2. The van der Waals surface area contributed by atoms with Gasteiger partial charge in [0.05, 0.1) is 12.7 Å². The average Bonchev–Trinajstić information content (AvgIpc) is 3.33. The Balaban J connectivity index is 1.53. The molecule has 4 aromatic rings. The van der Waals surface area contributed by atoms with Crippen LogP contribution in [0.5, 0.6) is 5.75 Å². The zero-order valence-electron chi connectivity index (χ0n) is 18.2. The van der Waals surface area contributed by atoms with E-state index in [-0.39, 0.29) is 5.91 Å². The van der Waals surface area contributed by atoms with Crippen LogP contribution in [0.4, 0.5) is 5.13 Å². The number of ether oxygens (including phenoxy) is 1. The van der Waals surface area contributed by atoms with Gasteiger partial charge in [0.15, 0.2) is 0 Å². The second-order valence-corrected chi connectivity index (χ2v) is 9.22. The number of nitrogens with zero attached hydrogens (tertiary/aromatic N) is 2. The number of hydrogen-bond donors (Lipinski definition) is 2. The molecule has 0 spiro atoms. The van der Waals surface area contributed by atoms with Gasteiger partial charge in [0.25, 0.3) is 5.91 Å². The summed E-state index contributed by atoms with van der Waals surface area (Å²) < 4.78 is 6.26. The summed E-state index contributed by atoms with van der Waals surface area (Å²) in [6, 6.07) is 23.2. The summed E-state index contributed by atoms with van der Waals surface area (Å²) in [5.74, 6) is -0.353. The van der Waals surface area contributed by atoms with Gasteiger partial charge in [-0.2, -0.15) is 0 Å². The van der Waals surface area contributed by atoms with Gasteiger partial charge < -0.3 is 10.1 Å². The molecule has 4 rings (SSSR count). The van der Waals surface area contributed by atoms with Crippen LogP contribution in [0.15, 0.2) is 83.3 Å². The van der Waals surface area contributed by atoms with Crippen molar-refractivity contribution in [3.8, 4) is 16.3 Å². The normalized spacial score (nSPS) is 11.5.